The first-order chi connectivity index (χ1) is 13.3. The number of amides is 3. The molecule has 0 aliphatic carbocycles. The summed E-state index contributed by atoms with van der Waals surface area (Å²) in [6.45, 7) is 3.64. The lowest BCUT2D eigenvalue weighted by Crippen LogP contribution is -2.47. The number of benzene rings is 2. The van der Waals surface area contributed by atoms with E-state index in [0.717, 1.165) is 5.56 Å². The molecule has 148 valence electrons. The maximum Gasteiger partial charge on any atom is 0.251 e. The van der Waals surface area contributed by atoms with Crippen molar-refractivity contribution >= 4 is 23.4 Å². The van der Waals surface area contributed by atoms with Crippen LogP contribution in [0.15, 0.2) is 48.5 Å². The maximum absolute atomic E-state index is 13.0. The zero-order valence-corrected chi connectivity index (χ0v) is 16.1. The van der Waals surface area contributed by atoms with Gasteiger partial charge in [-0.1, -0.05) is 26.0 Å². The van der Waals surface area contributed by atoms with Crippen LogP contribution in [0, 0.1) is 11.7 Å². The van der Waals surface area contributed by atoms with Crippen LogP contribution in [0.1, 0.15) is 29.8 Å². The van der Waals surface area contributed by atoms with Crippen molar-refractivity contribution in [1.82, 2.24) is 10.6 Å². The Morgan fingerprint density at radius 1 is 0.964 bits per heavy atom. The highest BCUT2D eigenvalue weighted by atomic mass is 19.1. The van der Waals surface area contributed by atoms with Gasteiger partial charge in [0.25, 0.3) is 5.91 Å². The van der Waals surface area contributed by atoms with Crippen molar-refractivity contribution in [1.29, 1.82) is 0 Å². The summed E-state index contributed by atoms with van der Waals surface area (Å²) in [5.74, 6) is -1.49. The summed E-state index contributed by atoms with van der Waals surface area (Å²) >= 11 is 0. The third kappa shape index (κ3) is 5.90. The van der Waals surface area contributed by atoms with Crippen LogP contribution < -0.4 is 16.0 Å². The van der Waals surface area contributed by atoms with Crippen LogP contribution in [-0.2, 0) is 16.0 Å². The summed E-state index contributed by atoms with van der Waals surface area (Å²) in [6.07, 6.45) is 0.257. The molecule has 0 saturated heterocycles. The van der Waals surface area contributed by atoms with E-state index < -0.39 is 17.8 Å². The van der Waals surface area contributed by atoms with E-state index in [1.54, 1.807) is 31.3 Å². The zero-order chi connectivity index (χ0) is 20.7. The van der Waals surface area contributed by atoms with Gasteiger partial charge in [0.1, 0.15) is 11.9 Å². The minimum Gasteiger partial charge on any atom is -0.359 e. The van der Waals surface area contributed by atoms with Gasteiger partial charge in [0, 0.05) is 18.3 Å². The molecule has 0 heterocycles. The summed E-state index contributed by atoms with van der Waals surface area (Å²) < 4.78 is 13.0. The average Bonchev–Trinajstić information content (AvgIpc) is 2.67. The standard InChI is InChI=1S/C21H24FN3O3/c1-13(2)19(25-20(27)15-6-8-16(22)9-7-15)21(28)24-17-10-4-14(5-11-17)12-18(26)23-3/h4-11,13,19H,12H2,1-3H3,(H,23,26)(H,24,28)(H,25,27). The molecule has 0 aliphatic rings. The fourth-order valence-corrected chi connectivity index (χ4v) is 2.56. The molecule has 28 heavy (non-hydrogen) atoms. The van der Waals surface area contributed by atoms with Gasteiger partial charge in [0.05, 0.1) is 6.42 Å². The third-order valence-electron chi connectivity index (χ3n) is 4.21. The van der Waals surface area contributed by atoms with Crippen LogP contribution in [0.3, 0.4) is 0 Å². The van der Waals surface area contributed by atoms with Crippen molar-refractivity contribution in [2.24, 2.45) is 5.92 Å². The first-order valence-electron chi connectivity index (χ1n) is 8.97. The highest BCUT2D eigenvalue weighted by Gasteiger charge is 2.24. The SMILES string of the molecule is CNC(=O)Cc1ccc(NC(=O)C(NC(=O)c2ccc(F)cc2)C(C)C)cc1. The number of anilines is 1. The van der Waals surface area contributed by atoms with Gasteiger partial charge in [-0.05, 0) is 47.9 Å². The topological polar surface area (TPSA) is 87.3 Å². The molecule has 2 rings (SSSR count). The fourth-order valence-electron chi connectivity index (χ4n) is 2.56. The number of likely N-dealkylation sites (N-methyl/N-ethyl adjacent to an activating group) is 1. The first kappa shape index (κ1) is 21.1. The van der Waals surface area contributed by atoms with Crippen LogP contribution in [-0.4, -0.2) is 30.8 Å². The molecule has 7 heteroatoms. The largest absolute Gasteiger partial charge is 0.359 e. The molecule has 0 aromatic heterocycles. The molecule has 2 aromatic rings. The van der Waals surface area contributed by atoms with Crippen LogP contribution in [0.2, 0.25) is 0 Å². The van der Waals surface area contributed by atoms with Crippen molar-refractivity contribution in [3.8, 4) is 0 Å². The Labute approximate surface area is 163 Å². The van der Waals surface area contributed by atoms with Crippen LogP contribution in [0.25, 0.3) is 0 Å². The van der Waals surface area contributed by atoms with Crippen molar-refractivity contribution in [3.05, 3.63) is 65.5 Å². The summed E-state index contributed by atoms with van der Waals surface area (Å²) in [7, 11) is 1.57. The van der Waals surface area contributed by atoms with Crippen LogP contribution in [0.5, 0.6) is 0 Å². The Hall–Kier alpha value is -3.22. The Kier molecular flexibility index (Phi) is 7.26. The molecule has 1 unspecified atom stereocenters. The first-order valence-corrected chi connectivity index (χ1v) is 8.97. The number of hydrogen-bond acceptors (Lipinski definition) is 3. The molecule has 0 saturated carbocycles. The number of carbonyl (C=O) groups is 3. The quantitative estimate of drug-likeness (QED) is 0.684. The number of halogens is 1. The predicted molar refractivity (Wildman–Crippen MR) is 105 cm³/mol. The van der Waals surface area contributed by atoms with Crippen molar-refractivity contribution < 1.29 is 18.8 Å². The summed E-state index contributed by atoms with van der Waals surface area (Å²) in [5, 5.41) is 8.01. The Morgan fingerprint density at radius 2 is 1.57 bits per heavy atom. The average molecular weight is 385 g/mol. The lowest BCUT2D eigenvalue weighted by atomic mass is 10.0. The van der Waals surface area contributed by atoms with Crippen molar-refractivity contribution in [3.63, 3.8) is 0 Å². The number of rotatable bonds is 7. The molecule has 0 spiro atoms. The summed E-state index contributed by atoms with van der Waals surface area (Å²) in [4.78, 5) is 36.4. The van der Waals surface area contributed by atoms with E-state index >= 15 is 0 Å². The van der Waals surface area contributed by atoms with E-state index in [0.29, 0.717) is 5.69 Å². The van der Waals surface area contributed by atoms with Gasteiger partial charge >= 0.3 is 0 Å². The molecule has 6 nitrogen and oxygen atoms in total. The number of carbonyl (C=O) groups excluding carboxylic acids is 3. The predicted octanol–water partition coefficient (Wildman–Crippen LogP) is 2.51. The molecule has 0 bridgehead atoms. The van der Waals surface area contributed by atoms with E-state index in [-0.39, 0.29) is 29.7 Å². The second-order valence-corrected chi connectivity index (χ2v) is 6.74. The van der Waals surface area contributed by atoms with Gasteiger partial charge in [-0.15, -0.1) is 0 Å². The third-order valence-corrected chi connectivity index (χ3v) is 4.21. The van der Waals surface area contributed by atoms with Gasteiger partial charge in [-0.2, -0.15) is 0 Å². The number of hydrogen-bond donors (Lipinski definition) is 3. The van der Waals surface area contributed by atoms with E-state index in [1.807, 2.05) is 13.8 Å². The second kappa shape index (κ2) is 9.64. The highest BCUT2D eigenvalue weighted by molar-refractivity contribution is 6.01. The van der Waals surface area contributed by atoms with Gasteiger partial charge < -0.3 is 16.0 Å². The summed E-state index contributed by atoms with van der Waals surface area (Å²) in [6, 6.07) is 11.3. The molecule has 0 radical (unpaired) electrons. The van der Waals surface area contributed by atoms with Crippen LogP contribution in [0.4, 0.5) is 10.1 Å². The molecular weight excluding hydrogens is 361 g/mol. The van der Waals surface area contributed by atoms with Crippen LogP contribution >= 0.6 is 0 Å². The minimum absolute atomic E-state index is 0.0971. The smallest absolute Gasteiger partial charge is 0.251 e. The van der Waals surface area contributed by atoms with Crippen molar-refractivity contribution in [2.75, 3.05) is 12.4 Å². The van der Waals surface area contributed by atoms with Gasteiger partial charge in [-0.3, -0.25) is 14.4 Å². The van der Waals surface area contributed by atoms with E-state index in [2.05, 4.69) is 16.0 Å². The maximum atomic E-state index is 13.0. The molecule has 3 N–H and O–H groups in total. The fraction of sp³-hybridized carbons (Fsp3) is 0.286. The molecule has 1 atom stereocenters. The monoisotopic (exact) mass is 385 g/mol. The highest BCUT2D eigenvalue weighted by Crippen LogP contribution is 2.13. The molecule has 0 fully saturated rings. The Balaban J connectivity index is 2.03. The minimum atomic E-state index is -0.761. The van der Waals surface area contributed by atoms with Gasteiger partial charge in [0.15, 0.2) is 0 Å². The lowest BCUT2D eigenvalue weighted by molar-refractivity contribution is -0.120. The molecule has 3 amide bonds. The van der Waals surface area contributed by atoms with E-state index in [1.165, 1.54) is 24.3 Å². The van der Waals surface area contributed by atoms with E-state index in [4.69, 9.17) is 0 Å². The second-order valence-electron chi connectivity index (χ2n) is 6.74. The lowest BCUT2D eigenvalue weighted by Gasteiger charge is -2.22. The molecular formula is C21H24FN3O3. The van der Waals surface area contributed by atoms with E-state index in [9.17, 15) is 18.8 Å². The zero-order valence-electron chi connectivity index (χ0n) is 16.1. The summed E-state index contributed by atoms with van der Waals surface area (Å²) in [5.41, 5.74) is 1.66. The number of nitrogens with one attached hydrogen (secondary N) is 3. The van der Waals surface area contributed by atoms with Gasteiger partial charge in [0.2, 0.25) is 11.8 Å². The Bertz CT molecular complexity index is 833. The molecule has 2 aromatic carbocycles. The normalized spacial score (nSPS) is 11.6. The van der Waals surface area contributed by atoms with Gasteiger partial charge in [-0.25, -0.2) is 4.39 Å². The molecule has 0 aliphatic heterocycles. The Morgan fingerprint density at radius 3 is 2.11 bits per heavy atom. The van der Waals surface area contributed by atoms with Crippen molar-refractivity contribution in [2.45, 2.75) is 26.3 Å².